The average molecular weight is 252 g/mol. The standard InChI is InChI=1S/C14H12N4O/c19-14(17-12-9-15-16-10-12)11-4-3-5-13(8-11)18-6-1-2-7-18/h1-10H,(H,15,16)(H,17,19). The largest absolute Gasteiger partial charge is 0.324 e. The third-order valence-electron chi connectivity index (χ3n) is 2.77. The van der Waals surface area contributed by atoms with E-state index in [9.17, 15) is 4.79 Å². The number of nitrogens with one attached hydrogen (secondary N) is 2. The van der Waals surface area contributed by atoms with E-state index in [0.29, 0.717) is 11.3 Å². The van der Waals surface area contributed by atoms with Gasteiger partial charge in [0.15, 0.2) is 0 Å². The van der Waals surface area contributed by atoms with Crippen molar-refractivity contribution in [3.8, 4) is 5.69 Å². The van der Waals surface area contributed by atoms with Gasteiger partial charge in [-0.1, -0.05) is 6.07 Å². The predicted molar refractivity (Wildman–Crippen MR) is 72.3 cm³/mol. The Morgan fingerprint density at radius 2 is 2.05 bits per heavy atom. The maximum Gasteiger partial charge on any atom is 0.255 e. The minimum Gasteiger partial charge on any atom is -0.324 e. The Labute approximate surface area is 109 Å². The second-order valence-electron chi connectivity index (χ2n) is 4.08. The molecule has 0 bridgehead atoms. The van der Waals surface area contributed by atoms with Crippen molar-refractivity contribution in [3.63, 3.8) is 0 Å². The minimum absolute atomic E-state index is 0.157. The van der Waals surface area contributed by atoms with Gasteiger partial charge in [-0.25, -0.2) is 0 Å². The van der Waals surface area contributed by atoms with Gasteiger partial charge in [0.2, 0.25) is 0 Å². The number of aromatic nitrogens is 3. The number of anilines is 1. The van der Waals surface area contributed by atoms with Crippen molar-refractivity contribution in [2.75, 3.05) is 5.32 Å². The van der Waals surface area contributed by atoms with Crippen molar-refractivity contribution in [2.45, 2.75) is 0 Å². The van der Waals surface area contributed by atoms with Crippen LogP contribution in [0.15, 0.2) is 61.2 Å². The molecule has 5 nitrogen and oxygen atoms in total. The summed E-state index contributed by atoms with van der Waals surface area (Å²) in [4.78, 5) is 12.1. The van der Waals surface area contributed by atoms with E-state index in [-0.39, 0.29) is 5.91 Å². The molecule has 0 fully saturated rings. The molecule has 0 radical (unpaired) electrons. The van der Waals surface area contributed by atoms with Crippen LogP contribution in [0, 0.1) is 0 Å². The highest BCUT2D eigenvalue weighted by molar-refractivity contribution is 6.04. The molecule has 19 heavy (non-hydrogen) atoms. The van der Waals surface area contributed by atoms with Gasteiger partial charge in [0.05, 0.1) is 11.9 Å². The van der Waals surface area contributed by atoms with Crippen LogP contribution in [-0.4, -0.2) is 20.7 Å². The first-order valence-electron chi connectivity index (χ1n) is 5.86. The number of carbonyl (C=O) groups is 1. The lowest BCUT2D eigenvalue weighted by atomic mass is 10.2. The number of nitrogens with zero attached hydrogens (tertiary/aromatic N) is 2. The van der Waals surface area contributed by atoms with E-state index in [1.165, 1.54) is 0 Å². The highest BCUT2D eigenvalue weighted by Crippen LogP contribution is 2.12. The first kappa shape index (κ1) is 11.3. The Hall–Kier alpha value is -2.82. The Morgan fingerprint density at radius 1 is 1.21 bits per heavy atom. The molecule has 1 aromatic carbocycles. The van der Waals surface area contributed by atoms with Crippen LogP contribution in [0.3, 0.4) is 0 Å². The summed E-state index contributed by atoms with van der Waals surface area (Å²) in [7, 11) is 0. The topological polar surface area (TPSA) is 62.7 Å². The summed E-state index contributed by atoms with van der Waals surface area (Å²) in [5, 5.41) is 9.20. The molecule has 94 valence electrons. The Bertz CT molecular complexity index is 671. The van der Waals surface area contributed by atoms with E-state index in [0.717, 1.165) is 5.69 Å². The van der Waals surface area contributed by atoms with E-state index in [1.807, 2.05) is 47.3 Å². The lowest BCUT2D eigenvalue weighted by Crippen LogP contribution is -2.11. The smallest absolute Gasteiger partial charge is 0.255 e. The van der Waals surface area contributed by atoms with Gasteiger partial charge in [-0.05, 0) is 30.3 Å². The molecule has 0 saturated carbocycles. The molecule has 3 rings (SSSR count). The van der Waals surface area contributed by atoms with E-state index < -0.39 is 0 Å². The van der Waals surface area contributed by atoms with E-state index in [4.69, 9.17) is 0 Å². The minimum atomic E-state index is -0.157. The van der Waals surface area contributed by atoms with Gasteiger partial charge in [0.1, 0.15) is 0 Å². The molecule has 0 saturated heterocycles. The second-order valence-corrected chi connectivity index (χ2v) is 4.08. The van der Waals surface area contributed by atoms with Gasteiger partial charge < -0.3 is 9.88 Å². The summed E-state index contributed by atoms with van der Waals surface area (Å²) in [5.74, 6) is -0.157. The summed E-state index contributed by atoms with van der Waals surface area (Å²) >= 11 is 0. The first-order valence-corrected chi connectivity index (χ1v) is 5.86. The van der Waals surface area contributed by atoms with Crippen LogP contribution in [0.25, 0.3) is 5.69 Å². The van der Waals surface area contributed by atoms with Crippen LogP contribution in [0.5, 0.6) is 0 Å². The summed E-state index contributed by atoms with van der Waals surface area (Å²) in [5.41, 5.74) is 2.20. The first-order chi connectivity index (χ1) is 9.33. The molecule has 3 aromatic rings. The van der Waals surface area contributed by atoms with E-state index >= 15 is 0 Å². The SMILES string of the molecule is O=C(Nc1cn[nH]c1)c1cccc(-n2cccc2)c1. The number of benzene rings is 1. The number of amides is 1. The molecule has 0 atom stereocenters. The molecule has 5 heteroatoms. The molecule has 0 aliphatic carbocycles. The van der Waals surface area contributed by atoms with Crippen molar-refractivity contribution < 1.29 is 4.79 Å². The number of H-pyrrole nitrogens is 1. The molecule has 2 N–H and O–H groups in total. The molecular weight excluding hydrogens is 240 g/mol. The van der Waals surface area contributed by atoms with Crippen LogP contribution in [0.2, 0.25) is 0 Å². The number of carbonyl (C=O) groups excluding carboxylic acids is 1. The lowest BCUT2D eigenvalue weighted by molar-refractivity contribution is 0.102. The van der Waals surface area contributed by atoms with Gasteiger partial charge in [-0.15, -0.1) is 0 Å². The van der Waals surface area contributed by atoms with Crippen LogP contribution in [0.4, 0.5) is 5.69 Å². The van der Waals surface area contributed by atoms with Gasteiger partial charge in [0.25, 0.3) is 5.91 Å². The van der Waals surface area contributed by atoms with Crippen LogP contribution in [0.1, 0.15) is 10.4 Å². The highest BCUT2D eigenvalue weighted by atomic mass is 16.1. The zero-order chi connectivity index (χ0) is 13.1. The molecule has 2 heterocycles. The maximum absolute atomic E-state index is 12.1. The fraction of sp³-hybridized carbons (Fsp3) is 0. The molecule has 0 unspecified atom stereocenters. The molecule has 0 aliphatic rings. The van der Waals surface area contributed by atoms with E-state index in [2.05, 4.69) is 15.5 Å². The lowest BCUT2D eigenvalue weighted by Gasteiger charge is -2.06. The second kappa shape index (κ2) is 4.81. The number of hydrogen-bond acceptors (Lipinski definition) is 2. The molecular formula is C14H12N4O. The van der Waals surface area contributed by atoms with Gasteiger partial charge in [-0.2, -0.15) is 5.10 Å². The maximum atomic E-state index is 12.1. The number of aromatic amines is 1. The van der Waals surface area contributed by atoms with Gasteiger partial charge in [0, 0.05) is 29.8 Å². The Balaban J connectivity index is 1.85. The molecule has 1 amide bonds. The van der Waals surface area contributed by atoms with Crippen LogP contribution in [-0.2, 0) is 0 Å². The third kappa shape index (κ3) is 2.40. The summed E-state index contributed by atoms with van der Waals surface area (Å²) < 4.78 is 1.95. The summed E-state index contributed by atoms with van der Waals surface area (Å²) in [6, 6.07) is 11.3. The Morgan fingerprint density at radius 3 is 2.79 bits per heavy atom. The number of hydrogen-bond donors (Lipinski definition) is 2. The molecule has 0 aliphatic heterocycles. The van der Waals surface area contributed by atoms with Crippen molar-refractivity contribution in [2.24, 2.45) is 0 Å². The van der Waals surface area contributed by atoms with Crippen LogP contribution >= 0.6 is 0 Å². The fourth-order valence-electron chi connectivity index (χ4n) is 1.84. The molecule has 2 aromatic heterocycles. The molecule has 0 spiro atoms. The van der Waals surface area contributed by atoms with Crippen molar-refractivity contribution in [1.82, 2.24) is 14.8 Å². The summed E-state index contributed by atoms with van der Waals surface area (Å²) in [6.45, 7) is 0. The Kier molecular flexibility index (Phi) is 2.86. The highest BCUT2D eigenvalue weighted by Gasteiger charge is 2.07. The fourth-order valence-corrected chi connectivity index (χ4v) is 1.84. The quantitative estimate of drug-likeness (QED) is 0.752. The van der Waals surface area contributed by atoms with Crippen molar-refractivity contribution in [1.29, 1.82) is 0 Å². The van der Waals surface area contributed by atoms with E-state index in [1.54, 1.807) is 18.5 Å². The zero-order valence-electron chi connectivity index (χ0n) is 10.1. The average Bonchev–Trinajstić information content (AvgIpc) is 3.12. The van der Waals surface area contributed by atoms with Crippen LogP contribution < -0.4 is 5.32 Å². The summed E-state index contributed by atoms with van der Waals surface area (Å²) in [6.07, 6.45) is 7.07. The van der Waals surface area contributed by atoms with Crippen molar-refractivity contribution >= 4 is 11.6 Å². The van der Waals surface area contributed by atoms with Gasteiger partial charge in [-0.3, -0.25) is 9.89 Å². The zero-order valence-corrected chi connectivity index (χ0v) is 10.1. The predicted octanol–water partition coefficient (Wildman–Crippen LogP) is 2.45. The number of rotatable bonds is 3. The van der Waals surface area contributed by atoms with Crippen molar-refractivity contribution in [3.05, 3.63) is 66.7 Å². The monoisotopic (exact) mass is 252 g/mol. The third-order valence-corrected chi connectivity index (χ3v) is 2.77. The normalized spacial score (nSPS) is 10.3. The van der Waals surface area contributed by atoms with Gasteiger partial charge >= 0.3 is 0 Å².